The van der Waals surface area contributed by atoms with Crippen LogP contribution in [0.25, 0.3) is 22.3 Å². The minimum absolute atomic E-state index is 0. The molecule has 336 valence electrons. The summed E-state index contributed by atoms with van der Waals surface area (Å²) >= 11 is 0. The average Bonchev–Trinajstić information content (AvgIpc) is 4.28. The van der Waals surface area contributed by atoms with Gasteiger partial charge < -0.3 is 20.4 Å². The molecule has 8 heterocycles. The van der Waals surface area contributed by atoms with Crippen molar-refractivity contribution in [2.45, 2.75) is 10.8 Å². The van der Waals surface area contributed by atoms with Crippen molar-refractivity contribution in [1.82, 2.24) is 49.5 Å². The molecule has 0 spiro atoms. The summed E-state index contributed by atoms with van der Waals surface area (Å²) in [6.45, 7) is 0. The van der Waals surface area contributed by atoms with E-state index in [1.165, 1.54) is 0 Å². The molecule has 0 saturated heterocycles. The number of hydrogen-bond donors (Lipinski definition) is 0. The molecule has 14 heteroatoms. The zero-order chi connectivity index (χ0) is 45.4. The first-order chi connectivity index (χ1) is 33.6. The summed E-state index contributed by atoms with van der Waals surface area (Å²) in [5, 5.41) is 17.4. The van der Waals surface area contributed by atoms with Crippen molar-refractivity contribution in [3.63, 3.8) is 0 Å². The molecule has 0 saturated carbocycles. The SMILES string of the molecule is C[N+]1=C=[N+](c2[c-]c(C3(c4cc[n-]n4)c4ncccc4-c4cccnc43)ccc2)c2ccccc21.C[N+]1=C=[N+](c2[c-]c(C3(c4cc[n-]n4)c4ncccc4-c4cccnc43)ccc2)c2ccccc21.[Pt+2].[Pt+2]. The summed E-state index contributed by atoms with van der Waals surface area (Å²) in [5.41, 5.74) is 15.6. The Morgan fingerprint density at radius 1 is 0.414 bits per heavy atom. The van der Waals surface area contributed by atoms with Crippen LogP contribution in [0.2, 0.25) is 0 Å². The molecule has 0 fully saturated rings. The number of benzene rings is 4. The standard InChI is InChI=1S/2C28H18N6.2Pt/c2*1-33-18-34(24-12-3-2-11-23(24)33)20-8-4-7-19(17-20)28(25-13-16-31-32-25)26-21(9-5-14-29-26)22-10-6-15-30-27(22)28;;/h2*2-16H,1H3;;/q;;2*+2. The fourth-order valence-electron chi connectivity index (χ4n) is 10.4. The first-order valence-electron chi connectivity index (χ1n) is 22.1. The number of nitrogens with zero attached hydrogens (tertiary/aromatic N) is 12. The van der Waals surface area contributed by atoms with Gasteiger partial charge in [0.2, 0.25) is 0 Å². The zero-order valence-corrected chi connectivity index (χ0v) is 41.9. The van der Waals surface area contributed by atoms with Gasteiger partial charge >= 0.3 is 54.1 Å². The zero-order valence-electron chi connectivity index (χ0n) is 37.3. The number of aromatic nitrogens is 8. The summed E-state index contributed by atoms with van der Waals surface area (Å²) in [5.74, 6) is 0. The smallest absolute Gasteiger partial charge is 0.581 e. The van der Waals surface area contributed by atoms with Gasteiger partial charge in [-0.15, -0.1) is 23.3 Å². The van der Waals surface area contributed by atoms with Gasteiger partial charge in [-0.3, -0.25) is 19.9 Å². The first-order valence-corrected chi connectivity index (χ1v) is 22.1. The molecule has 0 amide bonds. The summed E-state index contributed by atoms with van der Waals surface area (Å²) in [7, 11) is 4.00. The maximum Gasteiger partial charge on any atom is 2.00 e. The molecule has 0 atom stereocenters. The van der Waals surface area contributed by atoms with Gasteiger partial charge in [0, 0.05) is 82.7 Å². The molecule has 4 aliphatic rings. The molecule has 2 aliphatic heterocycles. The average molecular weight is 1270 g/mol. The number of hydrogen-bond acceptors (Lipinski definition) is 6. The van der Waals surface area contributed by atoms with Crippen LogP contribution >= 0.6 is 0 Å². The van der Waals surface area contributed by atoms with E-state index in [0.29, 0.717) is 0 Å². The van der Waals surface area contributed by atoms with Gasteiger partial charge in [0.05, 0.1) is 33.6 Å². The minimum Gasteiger partial charge on any atom is -0.581 e. The fourth-order valence-corrected chi connectivity index (χ4v) is 10.4. The van der Waals surface area contributed by atoms with Gasteiger partial charge in [-0.2, -0.15) is 36.7 Å². The molecule has 14 rings (SSSR count). The maximum absolute atomic E-state index is 4.87. The largest absolute Gasteiger partial charge is 2.00 e. The monoisotopic (exact) mass is 1270 g/mol. The molecular weight excluding hydrogens is 1230 g/mol. The second kappa shape index (κ2) is 17.5. The van der Waals surface area contributed by atoms with E-state index in [-0.39, 0.29) is 42.1 Å². The second-order valence-electron chi connectivity index (χ2n) is 16.8. The van der Waals surface area contributed by atoms with Crippen LogP contribution in [0.1, 0.15) is 45.3 Å². The summed E-state index contributed by atoms with van der Waals surface area (Å²) < 4.78 is 8.07. The van der Waals surface area contributed by atoms with E-state index in [2.05, 4.69) is 105 Å². The van der Waals surface area contributed by atoms with E-state index in [9.17, 15) is 0 Å². The summed E-state index contributed by atoms with van der Waals surface area (Å²) in [6, 6.07) is 63.2. The van der Waals surface area contributed by atoms with E-state index in [1.807, 2.05) is 142 Å². The van der Waals surface area contributed by atoms with E-state index in [1.54, 1.807) is 12.4 Å². The third kappa shape index (κ3) is 6.46. The Labute approximate surface area is 431 Å². The summed E-state index contributed by atoms with van der Waals surface area (Å²) in [4.78, 5) is 19.5. The van der Waals surface area contributed by atoms with Gasteiger partial charge in [0.15, 0.2) is 14.1 Å². The van der Waals surface area contributed by atoms with Gasteiger partial charge in [-0.1, -0.05) is 91.1 Å². The molecule has 4 aromatic carbocycles. The Morgan fingerprint density at radius 3 is 1.11 bits per heavy atom. The van der Waals surface area contributed by atoms with Crippen molar-refractivity contribution in [3.8, 4) is 22.3 Å². The Bertz CT molecular complexity index is 3490. The maximum atomic E-state index is 4.87. The molecule has 10 aromatic rings. The van der Waals surface area contributed by atoms with Crippen LogP contribution in [0.4, 0.5) is 34.1 Å². The van der Waals surface area contributed by atoms with Crippen LogP contribution in [-0.2, 0) is 53.0 Å². The number of para-hydroxylation sites is 4. The van der Waals surface area contributed by atoms with Gasteiger partial charge in [0.25, 0.3) is 22.7 Å². The van der Waals surface area contributed by atoms with Crippen LogP contribution in [0.5, 0.6) is 0 Å². The van der Waals surface area contributed by atoms with Crippen LogP contribution in [0, 0.1) is 12.1 Å². The van der Waals surface area contributed by atoms with Crippen molar-refractivity contribution >= 4 is 46.1 Å². The van der Waals surface area contributed by atoms with Crippen molar-refractivity contribution in [2.24, 2.45) is 0 Å². The Morgan fingerprint density at radius 2 is 0.771 bits per heavy atom. The number of fused-ring (bicyclic) bond motifs is 8. The van der Waals surface area contributed by atoms with E-state index in [4.69, 9.17) is 19.9 Å². The van der Waals surface area contributed by atoms with Crippen molar-refractivity contribution in [2.75, 3.05) is 14.1 Å². The second-order valence-corrected chi connectivity index (χ2v) is 16.8. The molecule has 0 unspecified atom stereocenters. The van der Waals surface area contributed by atoms with Crippen molar-refractivity contribution < 1.29 is 51.3 Å². The Kier molecular flexibility index (Phi) is 11.2. The third-order valence-corrected chi connectivity index (χ3v) is 13.2. The first kappa shape index (κ1) is 44.5. The molecule has 2 aliphatic carbocycles. The van der Waals surface area contributed by atoms with Crippen molar-refractivity contribution in [1.29, 1.82) is 0 Å². The predicted octanol–water partition coefficient (Wildman–Crippen LogP) is 8.57. The van der Waals surface area contributed by atoms with Gasteiger partial charge in [0.1, 0.15) is 11.4 Å². The van der Waals surface area contributed by atoms with Crippen LogP contribution in [-0.4, -0.2) is 65.4 Å². The van der Waals surface area contributed by atoms with E-state index in [0.717, 1.165) is 102 Å². The van der Waals surface area contributed by atoms with Crippen LogP contribution in [0.15, 0.2) is 183 Å². The molecule has 70 heavy (non-hydrogen) atoms. The van der Waals surface area contributed by atoms with Crippen molar-refractivity contribution in [3.05, 3.63) is 240 Å². The fraction of sp³-hybridized carbons (Fsp3) is 0.0714. The van der Waals surface area contributed by atoms with Gasteiger partial charge in [-0.05, 0) is 24.3 Å². The van der Waals surface area contributed by atoms with Crippen LogP contribution < -0.4 is 19.3 Å². The minimum atomic E-state index is -0.815. The number of pyridine rings is 4. The van der Waals surface area contributed by atoms with Crippen LogP contribution in [0.3, 0.4) is 0 Å². The molecule has 6 aromatic heterocycles. The molecular formula is C56H36N12Pt2+4. The normalized spacial score (nSPS) is 14.3. The Balaban J connectivity index is 0.000000148. The predicted molar refractivity (Wildman–Crippen MR) is 256 cm³/mol. The van der Waals surface area contributed by atoms with E-state index >= 15 is 0 Å². The third-order valence-electron chi connectivity index (χ3n) is 13.2. The summed E-state index contributed by atoms with van der Waals surface area (Å²) in [6.07, 6.45) is 10.7. The molecule has 0 radical (unpaired) electrons. The van der Waals surface area contributed by atoms with Gasteiger partial charge in [-0.25, -0.2) is 0 Å². The quantitative estimate of drug-likeness (QED) is 0.120. The molecule has 0 bridgehead atoms. The van der Waals surface area contributed by atoms with E-state index < -0.39 is 10.8 Å². The molecule has 12 nitrogen and oxygen atoms in total. The Hall–Kier alpha value is -7.96. The number of rotatable bonds is 6. The molecule has 0 N–H and O–H groups in total. The topological polar surface area (TPSA) is 118 Å².